The van der Waals surface area contributed by atoms with Gasteiger partial charge in [0, 0.05) is 17.4 Å². The Labute approximate surface area is 62.0 Å². The molecule has 0 bridgehead atoms. The van der Waals surface area contributed by atoms with Crippen molar-refractivity contribution in [2.45, 2.75) is 33.2 Å². The molecule has 0 fully saturated rings. The molecular formula is C7H15N3. The maximum Gasteiger partial charge on any atom is 0.0494 e. The third kappa shape index (κ3) is 1.24. The predicted octanol–water partition coefficient (Wildman–Crippen LogP) is 0.971. The van der Waals surface area contributed by atoms with Gasteiger partial charge in [-0.3, -0.25) is 5.01 Å². The van der Waals surface area contributed by atoms with Crippen LogP contribution in [-0.2, 0) is 0 Å². The van der Waals surface area contributed by atoms with Gasteiger partial charge < -0.3 is 5.43 Å². The molecule has 3 heteroatoms. The summed E-state index contributed by atoms with van der Waals surface area (Å²) in [6, 6.07) is 0. The fraction of sp³-hybridized carbons (Fsp3) is 0.714. The molecule has 3 nitrogen and oxygen atoms in total. The molecule has 0 unspecified atom stereocenters. The van der Waals surface area contributed by atoms with Crippen LogP contribution >= 0.6 is 0 Å². The Morgan fingerprint density at radius 1 is 1.40 bits per heavy atom. The van der Waals surface area contributed by atoms with Gasteiger partial charge in [0.05, 0.1) is 0 Å². The first-order chi connectivity index (χ1) is 4.52. The van der Waals surface area contributed by atoms with E-state index >= 15 is 0 Å². The van der Waals surface area contributed by atoms with Gasteiger partial charge in [-0.2, -0.15) is 0 Å². The molecule has 0 amide bonds. The van der Waals surface area contributed by atoms with Crippen molar-refractivity contribution >= 4 is 0 Å². The number of nitrogens with zero attached hydrogens (tertiary/aromatic N) is 1. The Kier molecular flexibility index (Phi) is 1.60. The van der Waals surface area contributed by atoms with Crippen LogP contribution in [0.2, 0.25) is 0 Å². The Bertz CT molecular complexity index is 155. The van der Waals surface area contributed by atoms with Crippen molar-refractivity contribution in [1.29, 1.82) is 0 Å². The summed E-state index contributed by atoms with van der Waals surface area (Å²) in [4.78, 5) is 0. The SMILES string of the molecule is CC1=CNNN1C(C)(C)C. The minimum absolute atomic E-state index is 0.143. The van der Waals surface area contributed by atoms with E-state index in [0.29, 0.717) is 0 Å². The molecule has 0 radical (unpaired) electrons. The Morgan fingerprint density at radius 2 is 2.00 bits per heavy atom. The van der Waals surface area contributed by atoms with E-state index in [9.17, 15) is 0 Å². The average molecular weight is 141 g/mol. The number of nitrogens with one attached hydrogen (secondary N) is 2. The van der Waals surface area contributed by atoms with Crippen LogP contribution in [0.3, 0.4) is 0 Å². The number of hydrogen-bond donors (Lipinski definition) is 2. The molecule has 1 aliphatic heterocycles. The van der Waals surface area contributed by atoms with Crippen molar-refractivity contribution in [3.05, 3.63) is 11.9 Å². The van der Waals surface area contributed by atoms with Crippen molar-refractivity contribution < 1.29 is 0 Å². The predicted molar refractivity (Wildman–Crippen MR) is 41.6 cm³/mol. The fourth-order valence-electron chi connectivity index (χ4n) is 1.05. The summed E-state index contributed by atoms with van der Waals surface area (Å²) in [5.74, 6) is 0. The van der Waals surface area contributed by atoms with Gasteiger partial charge in [-0.25, -0.2) is 0 Å². The van der Waals surface area contributed by atoms with Crippen molar-refractivity contribution in [2.24, 2.45) is 0 Å². The van der Waals surface area contributed by atoms with Crippen LogP contribution in [0.4, 0.5) is 0 Å². The Hall–Kier alpha value is -0.700. The molecular weight excluding hydrogens is 126 g/mol. The first-order valence-corrected chi connectivity index (χ1v) is 3.50. The third-order valence-electron chi connectivity index (χ3n) is 1.48. The summed E-state index contributed by atoms with van der Waals surface area (Å²) in [6.45, 7) is 8.54. The van der Waals surface area contributed by atoms with Crippen LogP contribution in [0.15, 0.2) is 11.9 Å². The second kappa shape index (κ2) is 2.16. The summed E-state index contributed by atoms with van der Waals surface area (Å²) in [5, 5.41) is 2.09. The monoisotopic (exact) mass is 141 g/mol. The highest BCUT2D eigenvalue weighted by molar-refractivity contribution is 5.02. The standard InChI is InChI=1S/C7H15N3/c1-6-5-8-9-10(6)7(2,3)4/h5,8-9H,1-4H3. The van der Waals surface area contributed by atoms with E-state index in [1.54, 1.807) is 0 Å². The molecule has 2 N–H and O–H groups in total. The Morgan fingerprint density at radius 3 is 2.20 bits per heavy atom. The summed E-state index contributed by atoms with van der Waals surface area (Å²) in [7, 11) is 0. The minimum atomic E-state index is 0.143. The van der Waals surface area contributed by atoms with Crippen molar-refractivity contribution in [1.82, 2.24) is 16.0 Å². The number of rotatable bonds is 0. The lowest BCUT2D eigenvalue weighted by molar-refractivity contribution is 0.122. The van der Waals surface area contributed by atoms with Gasteiger partial charge in [-0.1, -0.05) is 0 Å². The van der Waals surface area contributed by atoms with Gasteiger partial charge in [-0.05, 0) is 27.7 Å². The van der Waals surface area contributed by atoms with Gasteiger partial charge >= 0.3 is 0 Å². The van der Waals surface area contributed by atoms with Crippen molar-refractivity contribution in [3.63, 3.8) is 0 Å². The van der Waals surface area contributed by atoms with Crippen LogP contribution in [-0.4, -0.2) is 10.5 Å². The molecule has 0 aromatic heterocycles. The van der Waals surface area contributed by atoms with Gasteiger partial charge in [-0.15, -0.1) is 5.53 Å². The summed E-state index contributed by atoms with van der Waals surface area (Å²) in [6.07, 6.45) is 1.95. The topological polar surface area (TPSA) is 27.3 Å². The molecule has 0 saturated carbocycles. The molecule has 10 heavy (non-hydrogen) atoms. The molecule has 1 rings (SSSR count). The lowest BCUT2D eigenvalue weighted by Gasteiger charge is -2.33. The van der Waals surface area contributed by atoms with Crippen LogP contribution in [0.1, 0.15) is 27.7 Å². The second-order valence-electron chi connectivity index (χ2n) is 3.55. The second-order valence-corrected chi connectivity index (χ2v) is 3.55. The minimum Gasteiger partial charge on any atom is -0.309 e. The van der Waals surface area contributed by atoms with E-state index in [0.717, 1.165) is 0 Å². The summed E-state index contributed by atoms with van der Waals surface area (Å²) < 4.78 is 0. The molecule has 0 atom stereocenters. The molecule has 1 heterocycles. The van der Waals surface area contributed by atoms with E-state index in [1.165, 1.54) is 5.70 Å². The van der Waals surface area contributed by atoms with Gasteiger partial charge in [0.15, 0.2) is 0 Å². The molecule has 1 aliphatic rings. The van der Waals surface area contributed by atoms with E-state index in [4.69, 9.17) is 0 Å². The van der Waals surface area contributed by atoms with Gasteiger partial charge in [0.25, 0.3) is 0 Å². The molecule has 0 spiro atoms. The first kappa shape index (κ1) is 7.41. The van der Waals surface area contributed by atoms with Crippen molar-refractivity contribution in [3.8, 4) is 0 Å². The van der Waals surface area contributed by atoms with Crippen molar-refractivity contribution in [2.75, 3.05) is 0 Å². The Balaban J connectivity index is 2.67. The summed E-state index contributed by atoms with van der Waals surface area (Å²) in [5.41, 5.74) is 7.34. The zero-order valence-electron chi connectivity index (χ0n) is 7.02. The quantitative estimate of drug-likeness (QED) is 0.526. The summed E-state index contributed by atoms with van der Waals surface area (Å²) >= 11 is 0. The maximum absolute atomic E-state index is 3.04. The maximum atomic E-state index is 3.04. The highest BCUT2D eigenvalue weighted by Gasteiger charge is 2.23. The van der Waals surface area contributed by atoms with E-state index in [1.807, 2.05) is 6.20 Å². The lowest BCUT2D eigenvalue weighted by Crippen LogP contribution is -2.48. The number of allylic oxidation sites excluding steroid dienone is 1. The van der Waals surface area contributed by atoms with Gasteiger partial charge in [0.2, 0.25) is 0 Å². The average Bonchev–Trinajstić information content (AvgIpc) is 2.11. The largest absolute Gasteiger partial charge is 0.309 e. The molecule has 0 saturated heterocycles. The number of hydrogen-bond acceptors (Lipinski definition) is 3. The molecule has 0 aromatic rings. The van der Waals surface area contributed by atoms with Gasteiger partial charge in [0.1, 0.15) is 0 Å². The van der Waals surface area contributed by atoms with E-state index < -0.39 is 0 Å². The van der Waals surface area contributed by atoms with Crippen LogP contribution in [0.5, 0.6) is 0 Å². The lowest BCUT2D eigenvalue weighted by atomic mass is 10.1. The normalized spacial score (nSPS) is 18.8. The van der Waals surface area contributed by atoms with Crippen LogP contribution in [0.25, 0.3) is 0 Å². The highest BCUT2D eigenvalue weighted by Crippen LogP contribution is 2.17. The zero-order chi connectivity index (χ0) is 7.78. The van der Waals surface area contributed by atoms with Crippen LogP contribution in [0, 0.1) is 0 Å². The molecule has 0 aromatic carbocycles. The molecule has 58 valence electrons. The zero-order valence-corrected chi connectivity index (χ0v) is 7.02. The van der Waals surface area contributed by atoms with E-state index in [-0.39, 0.29) is 5.54 Å². The van der Waals surface area contributed by atoms with Crippen LogP contribution < -0.4 is 11.0 Å². The first-order valence-electron chi connectivity index (χ1n) is 3.50. The number of hydrazine groups is 2. The highest BCUT2D eigenvalue weighted by atomic mass is 15.7. The van der Waals surface area contributed by atoms with E-state index in [2.05, 4.69) is 43.7 Å². The molecule has 0 aliphatic carbocycles. The fourth-order valence-corrected chi connectivity index (χ4v) is 1.05. The smallest absolute Gasteiger partial charge is 0.0494 e. The third-order valence-corrected chi connectivity index (χ3v) is 1.48.